The van der Waals surface area contributed by atoms with Crippen LogP contribution in [0.2, 0.25) is 0 Å². The van der Waals surface area contributed by atoms with Crippen LogP contribution in [0.25, 0.3) is 0 Å². The number of carbonyl (C=O) groups is 2. The van der Waals surface area contributed by atoms with E-state index in [0.717, 1.165) is 22.6 Å². The molecule has 6 heteroatoms. The number of thiophene rings is 1. The molecule has 0 unspecified atom stereocenters. The lowest BCUT2D eigenvalue weighted by Gasteiger charge is -2.37. The van der Waals surface area contributed by atoms with Crippen molar-refractivity contribution in [2.45, 2.75) is 29.0 Å². The molecule has 5 rings (SSSR count). The second-order valence-corrected chi connectivity index (χ2v) is 9.49. The number of thioether (sulfide) groups is 1. The molecule has 0 aliphatic carbocycles. The van der Waals surface area contributed by atoms with E-state index in [-0.39, 0.29) is 24.3 Å². The predicted octanol–water partition coefficient (Wildman–Crippen LogP) is 4.73. The van der Waals surface area contributed by atoms with Gasteiger partial charge < -0.3 is 10.2 Å². The molecule has 0 radical (unpaired) electrons. The third-order valence-electron chi connectivity index (χ3n) is 5.47. The van der Waals surface area contributed by atoms with Crippen LogP contribution in [0.3, 0.4) is 0 Å². The summed E-state index contributed by atoms with van der Waals surface area (Å²) in [5, 5.41) is 4.65. The van der Waals surface area contributed by atoms with Gasteiger partial charge in [0.05, 0.1) is 17.0 Å². The van der Waals surface area contributed by atoms with Crippen molar-refractivity contribution in [3.63, 3.8) is 0 Å². The highest BCUT2D eigenvalue weighted by Gasteiger charge is 2.36. The second-order valence-electron chi connectivity index (χ2n) is 7.25. The molecule has 0 saturated heterocycles. The maximum Gasteiger partial charge on any atom is 0.238 e. The standard InChI is InChI=1S/C23H20N2O2S2/c26-21(14-20-23(27)24-17-8-4-5-9-19(17)29-20)25-12-10-18-16(11-13-28-18)22(25)15-6-2-1-3-7-15/h1-9,11,13,20,22H,10,12,14H2,(H,24,27)/t20-,22-/m1/s1. The van der Waals surface area contributed by atoms with Crippen molar-refractivity contribution in [3.05, 3.63) is 82.0 Å². The minimum Gasteiger partial charge on any atom is -0.331 e. The highest BCUT2D eigenvalue weighted by atomic mass is 32.2. The summed E-state index contributed by atoms with van der Waals surface area (Å²) in [6.45, 7) is 0.682. The van der Waals surface area contributed by atoms with Gasteiger partial charge in [0, 0.05) is 22.7 Å². The van der Waals surface area contributed by atoms with E-state index in [1.54, 1.807) is 11.3 Å². The Kier molecular flexibility index (Phi) is 4.89. The van der Waals surface area contributed by atoms with Crippen molar-refractivity contribution in [1.82, 2.24) is 4.90 Å². The summed E-state index contributed by atoms with van der Waals surface area (Å²) in [5.74, 6) is -0.0609. The zero-order valence-electron chi connectivity index (χ0n) is 15.7. The molecule has 2 aliphatic heterocycles. The van der Waals surface area contributed by atoms with Crippen LogP contribution in [-0.4, -0.2) is 28.5 Å². The molecule has 146 valence electrons. The first-order chi connectivity index (χ1) is 14.2. The zero-order valence-corrected chi connectivity index (χ0v) is 17.3. The minimum atomic E-state index is -0.405. The lowest BCUT2D eigenvalue weighted by molar-refractivity contribution is -0.134. The van der Waals surface area contributed by atoms with Crippen LogP contribution in [0.1, 0.15) is 28.5 Å². The molecule has 0 spiro atoms. The summed E-state index contributed by atoms with van der Waals surface area (Å²) >= 11 is 3.24. The molecule has 3 aromatic rings. The summed E-state index contributed by atoms with van der Waals surface area (Å²) in [6.07, 6.45) is 1.07. The van der Waals surface area contributed by atoms with E-state index in [1.807, 2.05) is 47.4 Å². The number of nitrogens with zero attached hydrogens (tertiary/aromatic N) is 1. The van der Waals surface area contributed by atoms with E-state index >= 15 is 0 Å². The van der Waals surface area contributed by atoms with Gasteiger partial charge in [-0.2, -0.15) is 0 Å². The Morgan fingerprint density at radius 1 is 1.07 bits per heavy atom. The van der Waals surface area contributed by atoms with Crippen LogP contribution >= 0.6 is 23.1 Å². The number of para-hydroxylation sites is 1. The summed E-state index contributed by atoms with van der Waals surface area (Å²) in [5.41, 5.74) is 3.16. The number of fused-ring (bicyclic) bond motifs is 2. The number of hydrogen-bond acceptors (Lipinski definition) is 4. The van der Waals surface area contributed by atoms with Crippen LogP contribution < -0.4 is 5.32 Å². The first-order valence-corrected chi connectivity index (χ1v) is 11.4. The fourth-order valence-electron chi connectivity index (χ4n) is 4.08. The quantitative estimate of drug-likeness (QED) is 0.667. The maximum atomic E-state index is 13.4. The Morgan fingerprint density at radius 2 is 1.86 bits per heavy atom. The van der Waals surface area contributed by atoms with Crippen molar-refractivity contribution >= 4 is 40.6 Å². The van der Waals surface area contributed by atoms with Crippen molar-refractivity contribution in [1.29, 1.82) is 0 Å². The van der Waals surface area contributed by atoms with E-state index in [9.17, 15) is 9.59 Å². The SMILES string of the molecule is O=C1Nc2ccccc2S[C@@H]1CC(=O)N1CCc2sccc2[C@H]1c1ccccc1. The van der Waals surface area contributed by atoms with Gasteiger partial charge in [-0.05, 0) is 41.1 Å². The molecule has 2 aromatic carbocycles. The average molecular weight is 421 g/mol. The van der Waals surface area contributed by atoms with Crippen molar-refractivity contribution < 1.29 is 9.59 Å². The number of amides is 2. The smallest absolute Gasteiger partial charge is 0.238 e. The van der Waals surface area contributed by atoms with E-state index in [0.29, 0.717) is 6.54 Å². The molecular formula is C23H20N2O2S2. The number of carbonyl (C=O) groups excluding carboxylic acids is 2. The van der Waals surface area contributed by atoms with Crippen molar-refractivity contribution in [3.8, 4) is 0 Å². The Balaban J connectivity index is 1.41. The summed E-state index contributed by atoms with van der Waals surface area (Å²) in [4.78, 5) is 30.3. The van der Waals surface area contributed by atoms with Gasteiger partial charge in [-0.3, -0.25) is 9.59 Å². The van der Waals surface area contributed by atoms with E-state index in [4.69, 9.17) is 0 Å². The Labute approximate surface area is 177 Å². The number of rotatable bonds is 3. The topological polar surface area (TPSA) is 49.4 Å². The fourth-order valence-corrected chi connectivity index (χ4v) is 6.09. The first-order valence-electron chi connectivity index (χ1n) is 9.68. The molecule has 0 fully saturated rings. The van der Waals surface area contributed by atoms with Crippen LogP contribution in [0.15, 0.2) is 70.9 Å². The summed E-state index contributed by atoms with van der Waals surface area (Å²) < 4.78 is 0. The van der Waals surface area contributed by atoms with Gasteiger partial charge in [-0.1, -0.05) is 42.5 Å². The van der Waals surface area contributed by atoms with Gasteiger partial charge in [-0.15, -0.1) is 23.1 Å². The molecule has 0 bridgehead atoms. The predicted molar refractivity (Wildman–Crippen MR) is 117 cm³/mol. The number of anilines is 1. The maximum absolute atomic E-state index is 13.4. The zero-order chi connectivity index (χ0) is 19.8. The third kappa shape index (κ3) is 3.47. The first kappa shape index (κ1) is 18.5. The molecule has 3 heterocycles. The largest absolute Gasteiger partial charge is 0.331 e. The average Bonchev–Trinajstić information content (AvgIpc) is 3.23. The lowest BCUT2D eigenvalue weighted by Crippen LogP contribution is -2.42. The minimum absolute atomic E-state index is 0.0303. The third-order valence-corrected chi connectivity index (χ3v) is 7.74. The Bertz CT molecular complexity index is 1060. The van der Waals surface area contributed by atoms with Crippen LogP contribution in [-0.2, 0) is 16.0 Å². The summed E-state index contributed by atoms with van der Waals surface area (Å²) in [6, 6.07) is 20.0. The highest BCUT2D eigenvalue weighted by molar-refractivity contribution is 8.01. The molecule has 4 nitrogen and oxygen atoms in total. The molecule has 2 aliphatic rings. The molecule has 1 N–H and O–H groups in total. The number of benzene rings is 2. The Morgan fingerprint density at radius 3 is 2.72 bits per heavy atom. The van der Waals surface area contributed by atoms with Gasteiger partial charge in [0.2, 0.25) is 11.8 Å². The van der Waals surface area contributed by atoms with E-state index in [2.05, 4.69) is 28.9 Å². The fraction of sp³-hybridized carbons (Fsp3) is 0.217. The van der Waals surface area contributed by atoms with Gasteiger partial charge in [-0.25, -0.2) is 0 Å². The molecule has 2 atom stereocenters. The highest BCUT2D eigenvalue weighted by Crippen LogP contribution is 2.40. The van der Waals surface area contributed by atoms with Crippen molar-refractivity contribution in [2.24, 2.45) is 0 Å². The summed E-state index contributed by atoms with van der Waals surface area (Å²) in [7, 11) is 0. The second kappa shape index (κ2) is 7.69. The monoisotopic (exact) mass is 420 g/mol. The lowest BCUT2D eigenvalue weighted by atomic mass is 9.93. The van der Waals surface area contributed by atoms with E-state index < -0.39 is 5.25 Å². The molecule has 29 heavy (non-hydrogen) atoms. The van der Waals surface area contributed by atoms with Crippen LogP contribution in [0, 0.1) is 0 Å². The normalized spacial score (nSPS) is 20.6. The van der Waals surface area contributed by atoms with E-state index in [1.165, 1.54) is 22.2 Å². The van der Waals surface area contributed by atoms with Crippen LogP contribution in [0.4, 0.5) is 5.69 Å². The molecule has 2 amide bonds. The van der Waals surface area contributed by atoms with Gasteiger partial charge in [0.1, 0.15) is 0 Å². The molecule has 0 saturated carbocycles. The number of nitrogens with one attached hydrogen (secondary N) is 1. The number of hydrogen-bond donors (Lipinski definition) is 1. The van der Waals surface area contributed by atoms with Crippen LogP contribution in [0.5, 0.6) is 0 Å². The van der Waals surface area contributed by atoms with Gasteiger partial charge in [0.15, 0.2) is 0 Å². The van der Waals surface area contributed by atoms with Crippen molar-refractivity contribution in [2.75, 3.05) is 11.9 Å². The van der Waals surface area contributed by atoms with Gasteiger partial charge in [0.25, 0.3) is 0 Å². The Hall–Kier alpha value is -2.57. The molecule has 1 aromatic heterocycles. The molecular weight excluding hydrogens is 400 g/mol. The van der Waals surface area contributed by atoms with Gasteiger partial charge >= 0.3 is 0 Å².